The van der Waals surface area contributed by atoms with E-state index in [0.29, 0.717) is 49.2 Å². The van der Waals surface area contributed by atoms with E-state index >= 15 is 0 Å². The second-order valence-electron chi connectivity index (χ2n) is 13.6. The molecule has 246 valence electrons. The summed E-state index contributed by atoms with van der Waals surface area (Å²) in [5.41, 5.74) is 11.0. The van der Waals surface area contributed by atoms with Gasteiger partial charge in [0.15, 0.2) is 5.82 Å². The lowest BCUT2D eigenvalue weighted by Crippen LogP contribution is -2.63. The van der Waals surface area contributed by atoms with E-state index in [1.165, 1.54) is 12.3 Å². The fraction of sp³-hybridized carbons (Fsp3) is 0.618. The summed E-state index contributed by atoms with van der Waals surface area (Å²) >= 11 is 7.08. The number of piperazine rings is 1. The third-order valence-electron chi connectivity index (χ3n) is 10.7. The molecule has 10 nitrogen and oxygen atoms in total. The van der Waals surface area contributed by atoms with E-state index < -0.39 is 0 Å². The number of anilines is 2. The molecular formula is C34H50ClN7O3. The smallest absolute Gasteiger partial charge is 0.246 e. The molecule has 0 bridgehead atoms. The Labute approximate surface area is 273 Å². The molecule has 5 rings (SSSR count). The maximum absolute atomic E-state index is 12.3. The van der Waals surface area contributed by atoms with E-state index in [1.807, 2.05) is 17.9 Å². The van der Waals surface area contributed by atoms with Crippen LogP contribution in [0.25, 0.3) is 11.1 Å². The third kappa shape index (κ3) is 6.14. The molecule has 11 heteroatoms. The molecule has 1 unspecified atom stereocenters. The van der Waals surface area contributed by atoms with Gasteiger partial charge in [-0.1, -0.05) is 32.0 Å². The van der Waals surface area contributed by atoms with Gasteiger partial charge in [-0.15, -0.1) is 0 Å². The van der Waals surface area contributed by atoms with Crippen LogP contribution in [0.2, 0.25) is 5.02 Å². The van der Waals surface area contributed by atoms with Crippen molar-refractivity contribution in [2.24, 2.45) is 5.41 Å². The summed E-state index contributed by atoms with van der Waals surface area (Å²) in [6, 6.07) is 1.95. The first-order valence-corrected chi connectivity index (χ1v) is 16.5. The molecule has 3 aliphatic heterocycles. The van der Waals surface area contributed by atoms with Crippen LogP contribution in [-0.2, 0) is 20.8 Å². The van der Waals surface area contributed by atoms with Crippen molar-refractivity contribution in [3.8, 4) is 11.1 Å². The Kier molecular flexibility index (Phi) is 9.71. The topological polar surface area (TPSA) is 113 Å². The number of carbonyl (C=O) groups is 1. The van der Waals surface area contributed by atoms with Gasteiger partial charge in [-0.05, 0) is 58.2 Å². The zero-order valence-corrected chi connectivity index (χ0v) is 28.5. The van der Waals surface area contributed by atoms with Gasteiger partial charge in [0.25, 0.3) is 0 Å². The number of carbonyl (C=O) groups excluding carboxylic acids is 1. The molecule has 1 amide bonds. The minimum atomic E-state index is -0.207. The van der Waals surface area contributed by atoms with Gasteiger partial charge in [-0.3, -0.25) is 14.4 Å². The number of halogens is 1. The van der Waals surface area contributed by atoms with Crippen LogP contribution in [0.1, 0.15) is 57.4 Å². The van der Waals surface area contributed by atoms with Crippen LogP contribution in [0, 0.1) is 24.7 Å². The highest BCUT2D eigenvalue weighted by Crippen LogP contribution is 2.46. The number of ether oxygens (including phenoxy) is 2. The number of rotatable bonds is 10. The number of benzene rings is 1. The van der Waals surface area contributed by atoms with Gasteiger partial charge in [0, 0.05) is 85.0 Å². The standard InChI is InChI=1S/C34H50ClN7O3/c1-8-28(43)40-20-33(6,24(40)5)10-11-42-23(4)29(30-26(17-36)27(37)16-22(3)31(30)35)32(38-42)41-13-12-39(21-34(41,7)9-2)18-25-19-44-14-15-45-25/h8,16-17,24-25,36H,1,9-15,18-21,37H2,2-7H3/t24-,25?,33-,34+/m1/s1. The van der Waals surface area contributed by atoms with Gasteiger partial charge in [0.1, 0.15) is 0 Å². The zero-order chi connectivity index (χ0) is 32.7. The number of hydrogen-bond donors (Lipinski definition) is 2. The van der Waals surface area contributed by atoms with Crippen molar-refractivity contribution < 1.29 is 14.3 Å². The first-order valence-electron chi connectivity index (χ1n) is 16.2. The summed E-state index contributed by atoms with van der Waals surface area (Å²) < 4.78 is 13.8. The van der Waals surface area contributed by atoms with Gasteiger partial charge in [-0.25, -0.2) is 0 Å². The molecule has 0 saturated carbocycles. The van der Waals surface area contributed by atoms with Crippen molar-refractivity contribution in [1.29, 1.82) is 5.41 Å². The van der Waals surface area contributed by atoms with Crippen LogP contribution in [0.3, 0.4) is 0 Å². The molecule has 3 aliphatic rings. The van der Waals surface area contributed by atoms with Gasteiger partial charge in [-0.2, -0.15) is 5.10 Å². The fourth-order valence-corrected chi connectivity index (χ4v) is 7.58. The highest BCUT2D eigenvalue weighted by molar-refractivity contribution is 6.35. The van der Waals surface area contributed by atoms with Crippen molar-refractivity contribution >= 4 is 35.2 Å². The summed E-state index contributed by atoms with van der Waals surface area (Å²) in [5, 5.41) is 14.2. The van der Waals surface area contributed by atoms with Gasteiger partial charge in [0.2, 0.25) is 5.91 Å². The molecule has 1 aromatic carbocycles. The summed E-state index contributed by atoms with van der Waals surface area (Å²) in [4.78, 5) is 19.1. The predicted octanol–water partition coefficient (Wildman–Crippen LogP) is 4.92. The SMILES string of the molecule is C=CC(=O)N1C[C@@](C)(CCn2nc(N3CCN(CC4COCCO4)C[C@]3(C)CC)c(-c3c(Cl)c(C)cc(N)c3C=N)c2C)[C@H]1C. The fourth-order valence-electron chi connectivity index (χ4n) is 7.33. The highest BCUT2D eigenvalue weighted by atomic mass is 35.5. The Morgan fingerprint density at radius 3 is 2.62 bits per heavy atom. The molecule has 2 aromatic rings. The summed E-state index contributed by atoms with van der Waals surface area (Å²) in [6.07, 6.45) is 4.56. The number of likely N-dealkylation sites (tertiary alicyclic amines) is 1. The maximum atomic E-state index is 12.3. The van der Waals surface area contributed by atoms with Crippen molar-refractivity contribution in [3.05, 3.63) is 40.6 Å². The Hall–Kier alpha value is -2.92. The average Bonchev–Trinajstić information content (AvgIpc) is 3.35. The quantitative estimate of drug-likeness (QED) is 0.216. The first kappa shape index (κ1) is 33.4. The van der Waals surface area contributed by atoms with E-state index in [9.17, 15) is 4.79 Å². The van der Waals surface area contributed by atoms with Crippen LogP contribution in [0.4, 0.5) is 11.5 Å². The van der Waals surface area contributed by atoms with Crippen molar-refractivity contribution in [1.82, 2.24) is 19.6 Å². The second kappa shape index (κ2) is 13.1. The lowest BCUT2D eigenvalue weighted by atomic mass is 9.71. The maximum Gasteiger partial charge on any atom is 0.246 e. The van der Waals surface area contributed by atoms with Crippen molar-refractivity contribution in [3.63, 3.8) is 0 Å². The van der Waals surface area contributed by atoms with Crippen LogP contribution in [0.5, 0.6) is 0 Å². The number of aromatic nitrogens is 2. The van der Waals surface area contributed by atoms with Crippen LogP contribution in [-0.4, -0.2) is 102 Å². The van der Waals surface area contributed by atoms with Crippen molar-refractivity contribution in [2.75, 3.05) is 63.2 Å². The Morgan fingerprint density at radius 2 is 2.00 bits per heavy atom. The molecule has 45 heavy (non-hydrogen) atoms. The van der Waals surface area contributed by atoms with Crippen LogP contribution in [0.15, 0.2) is 18.7 Å². The van der Waals surface area contributed by atoms with Gasteiger partial charge in [0.05, 0.1) is 36.5 Å². The average molecular weight is 640 g/mol. The molecule has 4 atom stereocenters. The van der Waals surface area contributed by atoms with Crippen LogP contribution >= 0.6 is 11.6 Å². The number of nitrogens with zero attached hydrogens (tertiary/aromatic N) is 5. The lowest BCUT2D eigenvalue weighted by Gasteiger charge is -2.54. The molecule has 3 saturated heterocycles. The minimum absolute atomic E-state index is 0.0220. The van der Waals surface area contributed by atoms with E-state index in [2.05, 4.69) is 55.7 Å². The largest absolute Gasteiger partial charge is 0.398 e. The number of nitrogens with two attached hydrogens (primary N) is 1. The number of hydrogen-bond acceptors (Lipinski definition) is 8. The Balaban J connectivity index is 1.53. The van der Waals surface area contributed by atoms with E-state index in [0.717, 1.165) is 67.2 Å². The molecule has 4 heterocycles. The first-order chi connectivity index (χ1) is 21.4. The lowest BCUT2D eigenvalue weighted by molar-refractivity contribution is -0.146. The van der Waals surface area contributed by atoms with Crippen molar-refractivity contribution in [2.45, 2.75) is 78.6 Å². The summed E-state index contributed by atoms with van der Waals surface area (Å²) in [6.45, 7) is 23.3. The number of nitrogens with one attached hydrogen (secondary N) is 1. The van der Waals surface area contributed by atoms with E-state index in [1.54, 1.807) is 0 Å². The molecule has 0 spiro atoms. The van der Waals surface area contributed by atoms with E-state index in [-0.39, 0.29) is 29.0 Å². The Morgan fingerprint density at radius 1 is 1.24 bits per heavy atom. The highest BCUT2D eigenvalue weighted by Gasteiger charge is 2.48. The monoisotopic (exact) mass is 639 g/mol. The zero-order valence-electron chi connectivity index (χ0n) is 27.8. The second-order valence-corrected chi connectivity index (χ2v) is 14.0. The molecule has 0 radical (unpaired) electrons. The van der Waals surface area contributed by atoms with Crippen LogP contribution < -0.4 is 10.6 Å². The molecular weight excluding hydrogens is 590 g/mol. The normalized spacial score (nSPS) is 27.4. The summed E-state index contributed by atoms with van der Waals surface area (Å²) in [7, 11) is 0. The molecule has 3 fully saturated rings. The minimum Gasteiger partial charge on any atom is -0.398 e. The number of aryl methyl sites for hydroxylation is 2. The van der Waals surface area contributed by atoms with Gasteiger partial charge >= 0.3 is 0 Å². The third-order valence-corrected chi connectivity index (χ3v) is 11.2. The Bertz CT molecular complexity index is 1450. The molecule has 1 aromatic heterocycles. The van der Waals surface area contributed by atoms with E-state index in [4.69, 9.17) is 37.3 Å². The number of amides is 1. The predicted molar refractivity (Wildman–Crippen MR) is 182 cm³/mol. The summed E-state index contributed by atoms with van der Waals surface area (Å²) in [5.74, 6) is 0.852. The van der Waals surface area contributed by atoms with Gasteiger partial charge < -0.3 is 30.4 Å². The molecule has 0 aliphatic carbocycles. The molecule has 3 N–H and O–H groups in total. The number of nitrogen functional groups attached to an aromatic ring is 1.